The zero-order valence-corrected chi connectivity index (χ0v) is 18.0. The summed E-state index contributed by atoms with van der Waals surface area (Å²) < 4.78 is 16.4. The molecule has 0 radical (unpaired) electrons. The third kappa shape index (κ3) is 8.31. The van der Waals surface area contributed by atoms with Crippen LogP contribution in [0.4, 0.5) is 4.79 Å². The van der Waals surface area contributed by atoms with E-state index in [4.69, 9.17) is 14.2 Å². The van der Waals surface area contributed by atoms with Crippen molar-refractivity contribution in [3.63, 3.8) is 0 Å². The fourth-order valence-electron chi connectivity index (χ4n) is 3.21. The molecule has 1 heterocycles. The van der Waals surface area contributed by atoms with Crippen LogP contribution < -0.4 is 10.1 Å². The van der Waals surface area contributed by atoms with Crippen LogP contribution in [-0.2, 0) is 20.7 Å². The van der Waals surface area contributed by atoms with E-state index in [1.54, 1.807) is 6.92 Å². The quantitative estimate of drug-likeness (QED) is 0.528. The zero-order valence-electron chi connectivity index (χ0n) is 18.0. The van der Waals surface area contributed by atoms with Gasteiger partial charge in [-0.3, -0.25) is 4.79 Å². The van der Waals surface area contributed by atoms with E-state index in [1.165, 1.54) is 0 Å². The van der Waals surface area contributed by atoms with E-state index in [9.17, 15) is 9.59 Å². The molecular weight excluding hydrogens is 372 g/mol. The molecular formula is C22H34N2O5. The summed E-state index contributed by atoms with van der Waals surface area (Å²) in [5.41, 5.74) is 0.373. The monoisotopic (exact) mass is 406 g/mol. The topological polar surface area (TPSA) is 77.1 Å². The smallest absolute Gasteiger partial charge is 0.410 e. The molecule has 29 heavy (non-hydrogen) atoms. The minimum Gasteiger partial charge on any atom is -0.494 e. The molecule has 1 aromatic carbocycles. The first kappa shape index (κ1) is 23.0. The Hall–Kier alpha value is -2.28. The van der Waals surface area contributed by atoms with Crippen LogP contribution in [0.3, 0.4) is 0 Å². The molecule has 0 aliphatic carbocycles. The van der Waals surface area contributed by atoms with Crippen molar-refractivity contribution in [1.29, 1.82) is 0 Å². The van der Waals surface area contributed by atoms with Gasteiger partial charge in [-0.25, -0.2) is 4.79 Å². The molecule has 1 aromatic rings. The van der Waals surface area contributed by atoms with Crippen LogP contribution in [0.1, 0.15) is 46.1 Å². The van der Waals surface area contributed by atoms with Crippen molar-refractivity contribution in [3.05, 3.63) is 29.8 Å². The van der Waals surface area contributed by atoms with Crippen LogP contribution in [0, 0.1) is 0 Å². The third-order valence-corrected chi connectivity index (χ3v) is 4.48. The Morgan fingerprint density at radius 1 is 1.28 bits per heavy atom. The highest BCUT2D eigenvalue weighted by molar-refractivity contribution is 5.72. The molecule has 2 rings (SSSR count). The summed E-state index contributed by atoms with van der Waals surface area (Å²) in [6.07, 6.45) is 1.63. The SMILES string of the molecule is CCOC(=O)Cc1cccc(OCCCC2CNCCN2C(=O)OC(C)(C)C)c1. The van der Waals surface area contributed by atoms with Gasteiger partial charge in [0, 0.05) is 25.7 Å². The van der Waals surface area contributed by atoms with E-state index in [-0.39, 0.29) is 24.5 Å². The van der Waals surface area contributed by atoms with Crippen LogP contribution in [0.25, 0.3) is 0 Å². The lowest BCUT2D eigenvalue weighted by atomic mass is 10.1. The molecule has 1 saturated heterocycles. The first-order valence-electron chi connectivity index (χ1n) is 10.4. The number of benzene rings is 1. The molecule has 1 atom stereocenters. The molecule has 162 valence electrons. The molecule has 0 aromatic heterocycles. The molecule has 1 unspecified atom stereocenters. The molecule has 0 saturated carbocycles. The Balaban J connectivity index is 1.80. The molecule has 1 amide bonds. The summed E-state index contributed by atoms with van der Waals surface area (Å²) in [6, 6.07) is 7.60. The van der Waals surface area contributed by atoms with E-state index >= 15 is 0 Å². The van der Waals surface area contributed by atoms with Gasteiger partial charge in [0.2, 0.25) is 0 Å². The maximum absolute atomic E-state index is 12.5. The van der Waals surface area contributed by atoms with Crippen molar-refractivity contribution >= 4 is 12.1 Å². The van der Waals surface area contributed by atoms with Crippen molar-refractivity contribution in [2.75, 3.05) is 32.8 Å². The zero-order chi connectivity index (χ0) is 21.3. The lowest BCUT2D eigenvalue weighted by Gasteiger charge is -2.37. The van der Waals surface area contributed by atoms with E-state index in [0.717, 1.165) is 37.2 Å². The Morgan fingerprint density at radius 2 is 2.07 bits per heavy atom. The minimum absolute atomic E-state index is 0.0948. The number of amides is 1. The Bertz CT molecular complexity index is 671. The van der Waals surface area contributed by atoms with E-state index < -0.39 is 5.60 Å². The second kappa shape index (κ2) is 11.0. The molecule has 1 aliphatic heterocycles. The number of carbonyl (C=O) groups excluding carboxylic acids is 2. The van der Waals surface area contributed by atoms with Crippen molar-refractivity contribution in [2.24, 2.45) is 0 Å². The van der Waals surface area contributed by atoms with Gasteiger partial charge in [-0.2, -0.15) is 0 Å². The maximum Gasteiger partial charge on any atom is 0.410 e. The summed E-state index contributed by atoms with van der Waals surface area (Å²) in [7, 11) is 0. The Labute approximate surface area is 173 Å². The molecule has 0 bridgehead atoms. The highest BCUT2D eigenvalue weighted by Gasteiger charge is 2.29. The lowest BCUT2D eigenvalue weighted by Crippen LogP contribution is -2.54. The summed E-state index contributed by atoms with van der Waals surface area (Å²) in [4.78, 5) is 25.9. The van der Waals surface area contributed by atoms with Gasteiger partial charge in [0.15, 0.2) is 0 Å². The molecule has 7 nitrogen and oxygen atoms in total. The number of rotatable bonds is 8. The van der Waals surface area contributed by atoms with Crippen LogP contribution in [-0.4, -0.2) is 61.5 Å². The number of nitrogens with zero attached hydrogens (tertiary/aromatic N) is 1. The summed E-state index contributed by atoms with van der Waals surface area (Å²) in [6.45, 7) is 10.5. The summed E-state index contributed by atoms with van der Waals surface area (Å²) in [5, 5.41) is 3.34. The van der Waals surface area contributed by atoms with Crippen LogP contribution in [0.5, 0.6) is 5.75 Å². The largest absolute Gasteiger partial charge is 0.494 e. The van der Waals surface area contributed by atoms with Crippen LogP contribution >= 0.6 is 0 Å². The standard InChI is InChI=1S/C22H34N2O5/c1-5-27-20(25)15-17-8-6-10-19(14-17)28-13-7-9-18-16-23-11-12-24(18)21(26)29-22(2,3)4/h6,8,10,14,18,23H,5,7,9,11-13,15-16H2,1-4H3. The molecule has 1 fully saturated rings. The first-order valence-corrected chi connectivity index (χ1v) is 10.4. The number of piperazine rings is 1. The number of esters is 1. The Kier molecular flexibility index (Phi) is 8.76. The predicted octanol–water partition coefficient (Wildman–Crippen LogP) is 3.16. The predicted molar refractivity (Wildman–Crippen MR) is 111 cm³/mol. The number of hydrogen-bond donors (Lipinski definition) is 1. The van der Waals surface area contributed by atoms with Gasteiger partial charge in [0.1, 0.15) is 11.4 Å². The van der Waals surface area contributed by atoms with E-state index in [2.05, 4.69) is 5.32 Å². The van der Waals surface area contributed by atoms with Crippen molar-refractivity contribution < 1.29 is 23.8 Å². The number of hydrogen-bond acceptors (Lipinski definition) is 6. The average Bonchev–Trinajstić information content (AvgIpc) is 2.64. The first-order chi connectivity index (χ1) is 13.8. The molecule has 1 N–H and O–H groups in total. The van der Waals surface area contributed by atoms with Gasteiger partial charge in [-0.1, -0.05) is 12.1 Å². The van der Waals surface area contributed by atoms with Crippen molar-refractivity contribution in [3.8, 4) is 5.75 Å². The van der Waals surface area contributed by atoms with Gasteiger partial charge in [0.25, 0.3) is 0 Å². The van der Waals surface area contributed by atoms with E-state index in [1.807, 2.05) is 49.9 Å². The highest BCUT2D eigenvalue weighted by atomic mass is 16.6. The Morgan fingerprint density at radius 3 is 2.79 bits per heavy atom. The maximum atomic E-state index is 12.5. The lowest BCUT2D eigenvalue weighted by molar-refractivity contribution is -0.142. The molecule has 1 aliphatic rings. The summed E-state index contributed by atoms with van der Waals surface area (Å²) in [5.74, 6) is 0.495. The average molecular weight is 407 g/mol. The number of ether oxygens (including phenoxy) is 3. The van der Waals surface area contributed by atoms with Gasteiger partial charge in [-0.05, 0) is 58.2 Å². The summed E-state index contributed by atoms with van der Waals surface area (Å²) >= 11 is 0. The van der Waals surface area contributed by atoms with E-state index in [0.29, 0.717) is 19.8 Å². The minimum atomic E-state index is -0.496. The number of carbonyl (C=O) groups is 2. The second-order valence-electron chi connectivity index (χ2n) is 8.15. The molecule has 0 spiro atoms. The second-order valence-corrected chi connectivity index (χ2v) is 8.15. The normalized spacial score (nSPS) is 17.0. The van der Waals surface area contributed by atoms with Gasteiger partial charge >= 0.3 is 12.1 Å². The van der Waals surface area contributed by atoms with Gasteiger partial charge < -0.3 is 24.4 Å². The van der Waals surface area contributed by atoms with Crippen molar-refractivity contribution in [2.45, 2.75) is 58.6 Å². The van der Waals surface area contributed by atoms with Crippen LogP contribution in [0.15, 0.2) is 24.3 Å². The number of nitrogens with one attached hydrogen (secondary N) is 1. The van der Waals surface area contributed by atoms with Crippen LogP contribution in [0.2, 0.25) is 0 Å². The fraction of sp³-hybridized carbons (Fsp3) is 0.636. The van der Waals surface area contributed by atoms with Gasteiger partial charge in [0.05, 0.1) is 19.6 Å². The third-order valence-electron chi connectivity index (χ3n) is 4.48. The van der Waals surface area contributed by atoms with Crippen molar-refractivity contribution in [1.82, 2.24) is 10.2 Å². The highest BCUT2D eigenvalue weighted by Crippen LogP contribution is 2.18. The fourth-order valence-corrected chi connectivity index (χ4v) is 3.21. The van der Waals surface area contributed by atoms with Gasteiger partial charge in [-0.15, -0.1) is 0 Å². The molecule has 7 heteroatoms.